The predicted molar refractivity (Wildman–Crippen MR) is 53.9 cm³/mol. The highest BCUT2D eigenvalue weighted by atomic mass is 16.7. The highest BCUT2D eigenvalue weighted by Crippen LogP contribution is 2.41. The monoisotopic (exact) mass is 214 g/mol. The lowest BCUT2D eigenvalue weighted by Crippen LogP contribution is -2.42. The first kappa shape index (κ1) is 12.0. The quantitative estimate of drug-likeness (QED) is 0.532. The maximum Gasteiger partial charge on any atom is 0.305 e. The number of hydrogen-bond acceptors (Lipinski definition) is 4. The van der Waals surface area contributed by atoms with Crippen molar-refractivity contribution in [3.63, 3.8) is 0 Å². The summed E-state index contributed by atoms with van der Waals surface area (Å²) in [6, 6.07) is 0. The molecule has 1 rings (SSSR count). The van der Waals surface area contributed by atoms with Crippen LogP contribution in [-0.4, -0.2) is 17.7 Å². The van der Waals surface area contributed by atoms with Crippen molar-refractivity contribution in [1.29, 1.82) is 0 Å². The maximum absolute atomic E-state index is 11.0. The Morgan fingerprint density at radius 1 is 1.27 bits per heavy atom. The van der Waals surface area contributed by atoms with Crippen molar-refractivity contribution in [3.8, 4) is 0 Å². The lowest BCUT2D eigenvalue weighted by molar-refractivity contribution is -0.239. The van der Waals surface area contributed by atoms with Crippen LogP contribution in [-0.2, 0) is 19.1 Å². The van der Waals surface area contributed by atoms with E-state index in [2.05, 4.69) is 0 Å². The van der Waals surface area contributed by atoms with Gasteiger partial charge in [0.1, 0.15) is 0 Å². The van der Waals surface area contributed by atoms with Gasteiger partial charge in [0.25, 0.3) is 5.79 Å². The van der Waals surface area contributed by atoms with E-state index in [0.717, 1.165) is 19.3 Å². The summed E-state index contributed by atoms with van der Waals surface area (Å²) in [7, 11) is 0. The van der Waals surface area contributed by atoms with Crippen LogP contribution in [0.15, 0.2) is 0 Å². The Bertz CT molecular complexity index is 243. The Morgan fingerprint density at radius 2 is 1.80 bits per heavy atom. The zero-order chi connectivity index (χ0) is 11.5. The molecule has 0 aromatic rings. The van der Waals surface area contributed by atoms with Crippen molar-refractivity contribution in [3.05, 3.63) is 0 Å². The van der Waals surface area contributed by atoms with Crippen molar-refractivity contribution in [2.24, 2.45) is 5.92 Å². The van der Waals surface area contributed by atoms with Gasteiger partial charge in [-0.2, -0.15) is 0 Å². The molecule has 0 spiro atoms. The summed E-state index contributed by atoms with van der Waals surface area (Å²) >= 11 is 0. The van der Waals surface area contributed by atoms with E-state index < -0.39 is 17.7 Å². The average molecular weight is 214 g/mol. The number of carbonyl (C=O) groups excluding carboxylic acids is 2. The van der Waals surface area contributed by atoms with Gasteiger partial charge in [0, 0.05) is 26.2 Å². The molecule has 0 radical (unpaired) electrons. The van der Waals surface area contributed by atoms with E-state index in [4.69, 9.17) is 9.47 Å². The molecule has 15 heavy (non-hydrogen) atoms. The number of hydrogen-bond donors (Lipinski definition) is 0. The zero-order valence-corrected chi connectivity index (χ0v) is 9.54. The predicted octanol–water partition coefficient (Wildman–Crippen LogP) is 2.02. The molecule has 0 aromatic heterocycles. The molecule has 0 aromatic carbocycles. The minimum atomic E-state index is -0.994. The Hall–Kier alpha value is -1.06. The molecule has 0 aliphatic heterocycles. The van der Waals surface area contributed by atoms with Gasteiger partial charge < -0.3 is 9.47 Å². The summed E-state index contributed by atoms with van der Waals surface area (Å²) in [4.78, 5) is 22.1. The first-order valence-corrected chi connectivity index (χ1v) is 5.39. The van der Waals surface area contributed by atoms with E-state index in [1.54, 1.807) is 0 Å². The van der Waals surface area contributed by atoms with E-state index in [1.807, 2.05) is 6.92 Å². The van der Waals surface area contributed by atoms with Gasteiger partial charge in [0.05, 0.1) is 0 Å². The molecule has 0 saturated heterocycles. The number of carbonyl (C=O) groups is 2. The molecule has 4 nitrogen and oxygen atoms in total. The Labute approximate surface area is 89.9 Å². The fraction of sp³-hybridized carbons (Fsp3) is 0.818. The second-order valence-corrected chi connectivity index (χ2v) is 4.00. The van der Waals surface area contributed by atoms with Crippen LogP contribution in [0.1, 0.15) is 46.5 Å². The Balaban J connectivity index is 2.83. The summed E-state index contributed by atoms with van der Waals surface area (Å²) in [6.45, 7) is 4.70. The fourth-order valence-corrected chi connectivity index (χ4v) is 2.31. The SMILES string of the molecule is CCC1CCCC1(OC(C)=O)OC(C)=O. The number of ether oxygens (including phenoxy) is 2. The van der Waals surface area contributed by atoms with Crippen LogP contribution in [0.4, 0.5) is 0 Å². The minimum absolute atomic E-state index is 0.130. The second-order valence-electron chi connectivity index (χ2n) is 4.00. The lowest BCUT2D eigenvalue weighted by Gasteiger charge is -2.33. The molecule has 0 heterocycles. The van der Waals surface area contributed by atoms with E-state index in [1.165, 1.54) is 13.8 Å². The van der Waals surface area contributed by atoms with Crippen LogP contribution in [0.5, 0.6) is 0 Å². The third-order valence-electron chi connectivity index (χ3n) is 2.83. The molecule has 1 fully saturated rings. The topological polar surface area (TPSA) is 52.6 Å². The minimum Gasteiger partial charge on any atom is -0.422 e. The molecule has 1 atom stereocenters. The number of esters is 2. The summed E-state index contributed by atoms with van der Waals surface area (Å²) in [6.07, 6.45) is 3.33. The van der Waals surface area contributed by atoms with Crippen LogP contribution in [0.3, 0.4) is 0 Å². The second kappa shape index (κ2) is 4.64. The van der Waals surface area contributed by atoms with Gasteiger partial charge in [-0.25, -0.2) is 0 Å². The molecule has 0 amide bonds. The summed E-state index contributed by atoms with van der Waals surface area (Å²) < 4.78 is 10.5. The Morgan fingerprint density at radius 3 is 2.20 bits per heavy atom. The first-order chi connectivity index (χ1) is 7.00. The van der Waals surface area contributed by atoms with Gasteiger partial charge >= 0.3 is 11.9 Å². The highest BCUT2D eigenvalue weighted by molar-refractivity contribution is 5.69. The molecule has 4 heteroatoms. The average Bonchev–Trinajstić information content (AvgIpc) is 2.44. The van der Waals surface area contributed by atoms with Crippen LogP contribution >= 0.6 is 0 Å². The molecule has 1 aliphatic rings. The largest absolute Gasteiger partial charge is 0.422 e. The molecule has 0 N–H and O–H groups in total. The van der Waals surface area contributed by atoms with Crippen molar-refractivity contribution < 1.29 is 19.1 Å². The summed E-state index contributed by atoms with van der Waals surface area (Å²) in [5.41, 5.74) is 0. The van der Waals surface area contributed by atoms with Crippen LogP contribution in [0, 0.1) is 5.92 Å². The van der Waals surface area contributed by atoms with Gasteiger partial charge in [-0.15, -0.1) is 0 Å². The van der Waals surface area contributed by atoms with E-state index >= 15 is 0 Å². The Kier molecular flexibility index (Phi) is 3.72. The molecular weight excluding hydrogens is 196 g/mol. The first-order valence-electron chi connectivity index (χ1n) is 5.39. The summed E-state index contributed by atoms with van der Waals surface area (Å²) in [5.74, 6) is -1.65. The van der Waals surface area contributed by atoms with Crippen LogP contribution in [0.2, 0.25) is 0 Å². The molecule has 1 unspecified atom stereocenters. The van der Waals surface area contributed by atoms with Gasteiger partial charge in [-0.1, -0.05) is 6.92 Å². The fourth-order valence-electron chi connectivity index (χ4n) is 2.31. The van der Waals surface area contributed by atoms with Gasteiger partial charge in [0.2, 0.25) is 0 Å². The van der Waals surface area contributed by atoms with Gasteiger partial charge in [-0.05, 0) is 19.3 Å². The molecule has 1 saturated carbocycles. The van der Waals surface area contributed by atoms with Crippen LogP contribution < -0.4 is 0 Å². The van der Waals surface area contributed by atoms with Crippen molar-refractivity contribution in [2.75, 3.05) is 0 Å². The molecular formula is C11H18O4. The van der Waals surface area contributed by atoms with Gasteiger partial charge in [-0.3, -0.25) is 9.59 Å². The third-order valence-corrected chi connectivity index (χ3v) is 2.83. The normalized spacial score (nSPS) is 23.5. The maximum atomic E-state index is 11.0. The highest BCUT2D eigenvalue weighted by Gasteiger charge is 2.48. The van der Waals surface area contributed by atoms with Crippen molar-refractivity contribution in [2.45, 2.75) is 52.2 Å². The van der Waals surface area contributed by atoms with Crippen LogP contribution in [0.25, 0.3) is 0 Å². The van der Waals surface area contributed by atoms with Crippen molar-refractivity contribution >= 4 is 11.9 Å². The lowest BCUT2D eigenvalue weighted by atomic mass is 9.99. The smallest absolute Gasteiger partial charge is 0.305 e. The number of rotatable bonds is 3. The zero-order valence-electron chi connectivity index (χ0n) is 9.54. The molecule has 0 bridgehead atoms. The molecule has 1 aliphatic carbocycles. The van der Waals surface area contributed by atoms with Gasteiger partial charge in [0.15, 0.2) is 0 Å². The van der Waals surface area contributed by atoms with Crippen molar-refractivity contribution in [1.82, 2.24) is 0 Å². The third kappa shape index (κ3) is 2.70. The summed E-state index contributed by atoms with van der Waals surface area (Å²) in [5, 5.41) is 0. The standard InChI is InChI=1S/C11H18O4/c1-4-10-6-5-7-11(10,14-8(2)12)15-9(3)13/h10H,4-7H2,1-3H3. The van der Waals surface area contributed by atoms with E-state index in [0.29, 0.717) is 6.42 Å². The van der Waals surface area contributed by atoms with E-state index in [9.17, 15) is 9.59 Å². The molecule has 86 valence electrons. The van der Waals surface area contributed by atoms with E-state index in [-0.39, 0.29) is 5.92 Å².